The minimum absolute atomic E-state index is 0.0591. The van der Waals surface area contributed by atoms with Gasteiger partial charge in [0.25, 0.3) is 0 Å². The van der Waals surface area contributed by atoms with Crippen LogP contribution < -0.4 is 5.73 Å². The SMILES string of the molecule is CCCN(CC(C)(C)CN)C(=O)Cn1cncn1. The zero-order valence-electron chi connectivity index (χ0n) is 11.5. The van der Waals surface area contributed by atoms with Gasteiger partial charge in [0.15, 0.2) is 0 Å². The Balaban J connectivity index is 2.63. The summed E-state index contributed by atoms with van der Waals surface area (Å²) in [5, 5.41) is 3.95. The van der Waals surface area contributed by atoms with Crippen molar-refractivity contribution in [3.63, 3.8) is 0 Å². The molecule has 1 aromatic rings. The van der Waals surface area contributed by atoms with E-state index in [2.05, 4.69) is 30.9 Å². The monoisotopic (exact) mass is 253 g/mol. The lowest BCUT2D eigenvalue weighted by atomic mass is 9.93. The molecular formula is C12H23N5O. The van der Waals surface area contributed by atoms with E-state index >= 15 is 0 Å². The van der Waals surface area contributed by atoms with Crippen LogP contribution in [0.15, 0.2) is 12.7 Å². The van der Waals surface area contributed by atoms with Crippen molar-refractivity contribution in [1.29, 1.82) is 0 Å². The minimum atomic E-state index is -0.0623. The average Bonchev–Trinajstić information content (AvgIpc) is 2.81. The highest BCUT2D eigenvalue weighted by Crippen LogP contribution is 2.15. The summed E-state index contributed by atoms with van der Waals surface area (Å²) in [6.07, 6.45) is 3.92. The van der Waals surface area contributed by atoms with Gasteiger partial charge in [-0.3, -0.25) is 4.79 Å². The van der Waals surface area contributed by atoms with Crippen LogP contribution in [0.5, 0.6) is 0 Å². The molecule has 0 aromatic carbocycles. The fourth-order valence-corrected chi connectivity index (χ4v) is 1.70. The molecule has 1 heterocycles. The van der Waals surface area contributed by atoms with Gasteiger partial charge in [0.2, 0.25) is 5.91 Å². The van der Waals surface area contributed by atoms with Gasteiger partial charge in [-0.05, 0) is 18.4 Å². The maximum Gasteiger partial charge on any atom is 0.244 e. The van der Waals surface area contributed by atoms with Crippen molar-refractivity contribution in [2.45, 2.75) is 33.7 Å². The first-order valence-corrected chi connectivity index (χ1v) is 6.29. The topological polar surface area (TPSA) is 77.0 Å². The van der Waals surface area contributed by atoms with Crippen LogP contribution in [0, 0.1) is 5.41 Å². The Labute approximate surface area is 108 Å². The van der Waals surface area contributed by atoms with E-state index in [1.165, 1.54) is 6.33 Å². The van der Waals surface area contributed by atoms with Gasteiger partial charge < -0.3 is 10.6 Å². The van der Waals surface area contributed by atoms with Crippen LogP contribution in [-0.4, -0.2) is 45.2 Å². The molecule has 0 spiro atoms. The smallest absolute Gasteiger partial charge is 0.244 e. The van der Waals surface area contributed by atoms with E-state index in [0.29, 0.717) is 13.1 Å². The molecule has 0 aliphatic rings. The third-order valence-electron chi connectivity index (χ3n) is 2.78. The zero-order chi connectivity index (χ0) is 13.6. The highest BCUT2D eigenvalue weighted by atomic mass is 16.2. The van der Waals surface area contributed by atoms with Crippen LogP contribution in [0.1, 0.15) is 27.2 Å². The van der Waals surface area contributed by atoms with Crippen molar-refractivity contribution >= 4 is 5.91 Å². The number of hydrogen-bond donors (Lipinski definition) is 1. The summed E-state index contributed by atoms with van der Waals surface area (Å²) in [7, 11) is 0. The van der Waals surface area contributed by atoms with Crippen LogP contribution >= 0.6 is 0 Å². The number of carbonyl (C=O) groups is 1. The molecule has 0 saturated heterocycles. The van der Waals surface area contributed by atoms with Crippen molar-refractivity contribution in [2.75, 3.05) is 19.6 Å². The highest BCUT2D eigenvalue weighted by molar-refractivity contribution is 5.75. The van der Waals surface area contributed by atoms with Gasteiger partial charge in [0, 0.05) is 13.1 Å². The maximum absolute atomic E-state index is 12.2. The number of nitrogens with zero attached hydrogens (tertiary/aromatic N) is 4. The van der Waals surface area contributed by atoms with E-state index in [1.807, 2.05) is 4.90 Å². The minimum Gasteiger partial charge on any atom is -0.341 e. The predicted octanol–water partition coefficient (Wildman–Crippen LogP) is 0.502. The van der Waals surface area contributed by atoms with Crippen LogP contribution in [0.25, 0.3) is 0 Å². The molecule has 0 fully saturated rings. The summed E-state index contributed by atoms with van der Waals surface area (Å²) >= 11 is 0. The second-order valence-corrected chi connectivity index (χ2v) is 5.28. The molecule has 0 bridgehead atoms. The number of carbonyl (C=O) groups excluding carboxylic acids is 1. The van der Waals surface area contributed by atoms with E-state index in [-0.39, 0.29) is 17.9 Å². The molecule has 0 saturated carbocycles. The Kier molecular flexibility index (Phi) is 5.27. The molecule has 0 aliphatic heterocycles. The third-order valence-corrected chi connectivity index (χ3v) is 2.78. The molecule has 1 rings (SSSR count). The van der Waals surface area contributed by atoms with Crippen molar-refractivity contribution in [1.82, 2.24) is 19.7 Å². The first-order valence-electron chi connectivity index (χ1n) is 6.29. The standard InChI is InChI=1S/C12H23N5O/c1-4-5-16(8-12(2,3)7-13)11(18)6-17-10-14-9-15-17/h9-10H,4-8,13H2,1-3H3. The Morgan fingerprint density at radius 1 is 1.50 bits per heavy atom. The Morgan fingerprint density at radius 3 is 2.72 bits per heavy atom. The molecule has 18 heavy (non-hydrogen) atoms. The summed E-state index contributed by atoms with van der Waals surface area (Å²) in [5.41, 5.74) is 5.66. The van der Waals surface area contributed by atoms with Gasteiger partial charge in [0.1, 0.15) is 19.2 Å². The Bertz CT molecular complexity index is 361. The molecule has 1 amide bonds. The van der Waals surface area contributed by atoms with Gasteiger partial charge in [0.05, 0.1) is 0 Å². The zero-order valence-corrected chi connectivity index (χ0v) is 11.5. The molecule has 0 radical (unpaired) electrons. The number of nitrogens with two attached hydrogens (primary N) is 1. The highest BCUT2D eigenvalue weighted by Gasteiger charge is 2.23. The number of amides is 1. The Morgan fingerprint density at radius 2 is 2.22 bits per heavy atom. The van der Waals surface area contributed by atoms with Crippen LogP contribution in [0.2, 0.25) is 0 Å². The fourth-order valence-electron chi connectivity index (χ4n) is 1.70. The Hall–Kier alpha value is -1.43. The van der Waals surface area contributed by atoms with E-state index in [0.717, 1.165) is 13.0 Å². The van der Waals surface area contributed by atoms with Gasteiger partial charge in [-0.1, -0.05) is 20.8 Å². The molecule has 1 aromatic heterocycles. The van der Waals surface area contributed by atoms with E-state index < -0.39 is 0 Å². The maximum atomic E-state index is 12.2. The molecule has 0 unspecified atom stereocenters. The van der Waals surface area contributed by atoms with Crippen molar-refractivity contribution in [3.8, 4) is 0 Å². The van der Waals surface area contributed by atoms with Crippen LogP contribution in [-0.2, 0) is 11.3 Å². The lowest BCUT2D eigenvalue weighted by molar-refractivity contribution is -0.133. The van der Waals surface area contributed by atoms with Crippen molar-refractivity contribution in [3.05, 3.63) is 12.7 Å². The number of hydrogen-bond acceptors (Lipinski definition) is 4. The normalized spacial score (nSPS) is 11.6. The quantitative estimate of drug-likeness (QED) is 0.767. The molecule has 2 N–H and O–H groups in total. The van der Waals surface area contributed by atoms with E-state index in [4.69, 9.17) is 5.73 Å². The third kappa shape index (κ3) is 4.44. The predicted molar refractivity (Wildman–Crippen MR) is 69.7 cm³/mol. The lowest BCUT2D eigenvalue weighted by Crippen LogP contribution is -2.43. The number of aromatic nitrogens is 3. The van der Waals surface area contributed by atoms with Gasteiger partial charge >= 0.3 is 0 Å². The summed E-state index contributed by atoms with van der Waals surface area (Å²) in [6, 6.07) is 0. The second-order valence-electron chi connectivity index (χ2n) is 5.28. The molecular weight excluding hydrogens is 230 g/mol. The number of rotatable bonds is 7. The largest absolute Gasteiger partial charge is 0.341 e. The average molecular weight is 253 g/mol. The van der Waals surface area contributed by atoms with Crippen molar-refractivity contribution in [2.24, 2.45) is 11.1 Å². The first-order chi connectivity index (χ1) is 8.48. The van der Waals surface area contributed by atoms with Crippen LogP contribution in [0.3, 0.4) is 0 Å². The molecule has 6 nitrogen and oxygen atoms in total. The molecule has 0 atom stereocenters. The van der Waals surface area contributed by atoms with E-state index in [9.17, 15) is 4.79 Å². The summed E-state index contributed by atoms with van der Waals surface area (Å²) in [4.78, 5) is 17.9. The molecule has 102 valence electrons. The van der Waals surface area contributed by atoms with Crippen LogP contribution in [0.4, 0.5) is 0 Å². The summed E-state index contributed by atoms with van der Waals surface area (Å²) in [6.45, 7) is 8.41. The lowest BCUT2D eigenvalue weighted by Gasteiger charge is -2.31. The van der Waals surface area contributed by atoms with E-state index in [1.54, 1.807) is 11.0 Å². The summed E-state index contributed by atoms with van der Waals surface area (Å²) < 4.78 is 1.54. The second kappa shape index (κ2) is 6.49. The first kappa shape index (κ1) is 14.6. The van der Waals surface area contributed by atoms with Gasteiger partial charge in [-0.25, -0.2) is 9.67 Å². The summed E-state index contributed by atoms with van der Waals surface area (Å²) in [5.74, 6) is 0.0591. The van der Waals surface area contributed by atoms with Gasteiger partial charge in [-0.15, -0.1) is 0 Å². The molecule has 6 heteroatoms. The fraction of sp³-hybridized carbons (Fsp3) is 0.750. The van der Waals surface area contributed by atoms with Gasteiger partial charge in [-0.2, -0.15) is 5.10 Å². The van der Waals surface area contributed by atoms with Crippen molar-refractivity contribution < 1.29 is 4.79 Å². The molecule has 0 aliphatic carbocycles.